The predicted molar refractivity (Wildman–Crippen MR) is 129 cm³/mol. The van der Waals surface area contributed by atoms with Crippen molar-refractivity contribution < 1.29 is 13.6 Å². The molecule has 0 bridgehead atoms. The molecule has 0 saturated heterocycles. The molecule has 3 aromatic carbocycles. The molecule has 0 aliphatic heterocycles. The number of benzene rings is 3. The van der Waals surface area contributed by atoms with Crippen LogP contribution in [0.15, 0.2) is 71.5 Å². The minimum Gasteiger partial charge on any atom is -0.292 e. The average Bonchev–Trinajstić information content (AvgIpc) is 3.22. The van der Waals surface area contributed by atoms with E-state index in [-0.39, 0.29) is 0 Å². The van der Waals surface area contributed by atoms with Gasteiger partial charge in [-0.15, -0.1) is 4.68 Å². The molecule has 0 N–H and O–H groups in total. The maximum Gasteiger partial charge on any atom is 0.377 e. The van der Waals surface area contributed by atoms with Gasteiger partial charge in [-0.1, -0.05) is 48.5 Å². The summed E-state index contributed by atoms with van der Waals surface area (Å²) in [5, 5.41) is 7.21. The summed E-state index contributed by atoms with van der Waals surface area (Å²) in [5.41, 5.74) is 1.87. The summed E-state index contributed by atoms with van der Waals surface area (Å²) in [6, 6.07) is 18.1. The normalized spacial score (nSPS) is 11.0. The SMILES string of the molecule is Cc1ccc(C)c(N(CCCCc2ccccc2)C(=O)n2nnn(-c3c(F)cccc3F)c2=O)c1. The fourth-order valence-electron chi connectivity index (χ4n) is 3.89. The van der Waals surface area contributed by atoms with Crippen molar-refractivity contribution >= 4 is 11.7 Å². The van der Waals surface area contributed by atoms with Gasteiger partial charge in [0.25, 0.3) is 0 Å². The Hall–Kier alpha value is -4.14. The van der Waals surface area contributed by atoms with E-state index < -0.39 is 29.0 Å². The number of halogens is 2. The van der Waals surface area contributed by atoms with Crippen molar-refractivity contribution in [1.82, 2.24) is 19.8 Å². The number of carbonyl (C=O) groups excluding carboxylic acids is 1. The summed E-state index contributed by atoms with van der Waals surface area (Å²) in [6.07, 6.45) is 2.33. The van der Waals surface area contributed by atoms with Crippen molar-refractivity contribution in [2.75, 3.05) is 11.4 Å². The lowest BCUT2D eigenvalue weighted by Gasteiger charge is -2.24. The zero-order chi connectivity index (χ0) is 24.9. The Morgan fingerprint density at radius 3 is 2.34 bits per heavy atom. The summed E-state index contributed by atoms with van der Waals surface area (Å²) in [5.74, 6) is -1.97. The van der Waals surface area contributed by atoms with E-state index in [0.717, 1.165) is 36.1 Å². The average molecular weight is 478 g/mol. The molecular formula is C26H25F2N5O2. The highest BCUT2D eigenvalue weighted by Gasteiger charge is 2.26. The quantitative estimate of drug-likeness (QED) is 0.283. The molecule has 35 heavy (non-hydrogen) atoms. The minimum atomic E-state index is -1.06. The van der Waals surface area contributed by atoms with Gasteiger partial charge in [-0.05, 0) is 78.4 Å². The highest BCUT2D eigenvalue weighted by atomic mass is 19.1. The molecule has 4 rings (SSSR count). The Balaban J connectivity index is 1.63. The molecule has 0 radical (unpaired) electrons. The van der Waals surface area contributed by atoms with Crippen LogP contribution < -0.4 is 10.6 Å². The zero-order valence-corrected chi connectivity index (χ0v) is 19.5. The van der Waals surface area contributed by atoms with Crippen LogP contribution in [0.1, 0.15) is 29.5 Å². The van der Waals surface area contributed by atoms with Gasteiger partial charge in [-0.3, -0.25) is 4.90 Å². The Labute approximate surface area is 201 Å². The van der Waals surface area contributed by atoms with Crippen molar-refractivity contribution in [2.24, 2.45) is 0 Å². The fourth-order valence-corrected chi connectivity index (χ4v) is 3.89. The van der Waals surface area contributed by atoms with Gasteiger partial charge in [0.15, 0.2) is 11.6 Å². The molecule has 0 unspecified atom stereocenters. The van der Waals surface area contributed by atoms with Gasteiger partial charge in [0.2, 0.25) is 0 Å². The molecule has 0 atom stereocenters. The number of para-hydroxylation sites is 1. The molecular weight excluding hydrogens is 452 g/mol. The number of hydrogen-bond donors (Lipinski definition) is 0. The van der Waals surface area contributed by atoms with Gasteiger partial charge in [-0.2, -0.15) is 4.68 Å². The predicted octanol–water partition coefficient (Wildman–Crippen LogP) is 4.82. The van der Waals surface area contributed by atoms with Gasteiger partial charge in [0.1, 0.15) is 5.69 Å². The van der Waals surface area contributed by atoms with Crippen LogP contribution in [0.2, 0.25) is 0 Å². The standard InChI is InChI=1S/C26H25F2N5O2/c1-18-14-15-19(2)23(17-18)31(16-7-6-11-20-9-4-3-5-10-20)25(34)33-26(35)32(29-30-33)24-21(27)12-8-13-22(24)28/h3-5,8-10,12-15,17H,6-7,11,16H2,1-2H3. The number of aromatic nitrogens is 4. The maximum absolute atomic E-state index is 14.2. The second kappa shape index (κ2) is 10.4. The Bertz CT molecular complexity index is 1380. The van der Waals surface area contributed by atoms with E-state index in [2.05, 4.69) is 10.4 Å². The van der Waals surface area contributed by atoms with Crippen LogP contribution in [0, 0.1) is 25.5 Å². The van der Waals surface area contributed by atoms with Gasteiger partial charge >= 0.3 is 11.7 Å². The summed E-state index contributed by atoms with van der Waals surface area (Å²) >= 11 is 0. The van der Waals surface area contributed by atoms with Crippen LogP contribution in [-0.4, -0.2) is 32.4 Å². The first-order chi connectivity index (χ1) is 16.9. The molecule has 0 saturated carbocycles. The number of anilines is 1. The van der Waals surface area contributed by atoms with Gasteiger partial charge in [0, 0.05) is 12.2 Å². The van der Waals surface area contributed by atoms with Gasteiger partial charge in [-0.25, -0.2) is 18.4 Å². The third-order valence-corrected chi connectivity index (χ3v) is 5.74. The number of unbranched alkanes of at least 4 members (excludes halogenated alkanes) is 1. The summed E-state index contributed by atoms with van der Waals surface area (Å²) in [6.45, 7) is 4.10. The third kappa shape index (κ3) is 5.18. The van der Waals surface area contributed by atoms with E-state index in [0.29, 0.717) is 28.0 Å². The molecule has 9 heteroatoms. The lowest BCUT2D eigenvalue weighted by Crippen LogP contribution is -2.42. The van der Waals surface area contributed by atoms with Crippen LogP contribution in [0.5, 0.6) is 0 Å². The number of amides is 1. The highest BCUT2D eigenvalue weighted by molar-refractivity contribution is 5.93. The Kier molecular flexibility index (Phi) is 7.14. The molecule has 1 aromatic heterocycles. The molecule has 1 amide bonds. The lowest BCUT2D eigenvalue weighted by molar-refractivity contribution is 0.243. The second-order valence-electron chi connectivity index (χ2n) is 8.32. The first kappa shape index (κ1) is 24.0. The number of carbonyl (C=O) groups is 1. The van der Waals surface area contributed by atoms with Crippen LogP contribution in [0.4, 0.5) is 19.3 Å². The molecule has 0 fully saturated rings. The smallest absolute Gasteiger partial charge is 0.292 e. The number of aryl methyl sites for hydroxylation is 3. The van der Waals surface area contributed by atoms with Gasteiger partial charge in [0.05, 0.1) is 0 Å². The molecule has 180 valence electrons. The first-order valence-corrected chi connectivity index (χ1v) is 11.3. The van der Waals surface area contributed by atoms with Crippen molar-refractivity contribution in [2.45, 2.75) is 33.1 Å². The summed E-state index contributed by atoms with van der Waals surface area (Å²) in [7, 11) is 0. The van der Waals surface area contributed by atoms with Crippen molar-refractivity contribution in [3.05, 3.63) is 106 Å². The van der Waals surface area contributed by atoms with E-state index in [1.54, 1.807) is 0 Å². The minimum absolute atomic E-state index is 0.323. The van der Waals surface area contributed by atoms with Crippen molar-refractivity contribution in [3.8, 4) is 5.69 Å². The summed E-state index contributed by atoms with van der Waals surface area (Å²) in [4.78, 5) is 27.9. The van der Waals surface area contributed by atoms with E-state index in [9.17, 15) is 18.4 Å². The van der Waals surface area contributed by atoms with Crippen LogP contribution in [0.25, 0.3) is 5.69 Å². The topological polar surface area (TPSA) is 73.0 Å². The molecule has 4 aromatic rings. The largest absolute Gasteiger partial charge is 0.377 e. The number of nitrogens with zero attached hydrogens (tertiary/aromatic N) is 5. The Morgan fingerprint density at radius 2 is 1.63 bits per heavy atom. The summed E-state index contributed by atoms with van der Waals surface area (Å²) < 4.78 is 29.4. The highest BCUT2D eigenvalue weighted by Crippen LogP contribution is 2.23. The van der Waals surface area contributed by atoms with Crippen LogP contribution in [-0.2, 0) is 6.42 Å². The monoisotopic (exact) mass is 477 g/mol. The number of hydrogen-bond acceptors (Lipinski definition) is 4. The van der Waals surface area contributed by atoms with Crippen LogP contribution >= 0.6 is 0 Å². The number of rotatable bonds is 7. The molecule has 0 aliphatic carbocycles. The zero-order valence-electron chi connectivity index (χ0n) is 19.5. The fraction of sp³-hybridized carbons (Fsp3) is 0.231. The lowest BCUT2D eigenvalue weighted by atomic mass is 10.1. The van der Waals surface area contributed by atoms with E-state index in [1.165, 1.54) is 16.5 Å². The second-order valence-corrected chi connectivity index (χ2v) is 8.32. The molecule has 0 aliphatic rings. The van der Waals surface area contributed by atoms with E-state index >= 15 is 0 Å². The first-order valence-electron chi connectivity index (χ1n) is 11.3. The molecule has 7 nitrogen and oxygen atoms in total. The Morgan fingerprint density at radius 1 is 0.914 bits per heavy atom. The molecule has 0 spiro atoms. The van der Waals surface area contributed by atoms with E-state index in [4.69, 9.17) is 0 Å². The third-order valence-electron chi connectivity index (χ3n) is 5.74. The van der Waals surface area contributed by atoms with Crippen LogP contribution in [0.3, 0.4) is 0 Å². The maximum atomic E-state index is 14.2. The molecule has 1 heterocycles. The van der Waals surface area contributed by atoms with Crippen molar-refractivity contribution in [3.63, 3.8) is 0 Å². The number of tetrazole rings is 1. The van der Waals surface area contributed by atoms with Crippen molar-refractivity contribution in [1.29, 1.82) is 0 Å². The van der Waals surface area contributed by atoms with E-state index in [1.807, 2.05) is 62.4 Å². The van der Waals surface area contributed by atoms with Gasteiger partial charge < -0.3 is 0 Å².